The molecule has 4 aromatic carbocycles. The number of nitrogens with one attached hydrogen (secondary N) is 1. The third kappa shape index (κ3) is 14.1. The van der Waals surface area contributed by atoms with Crippen molar-refractivity contribution in [1.82, 2.24) is 5.32 Å². The van der Waals surface area contributed by atoms with Crippen molar-refractivity contribution in [2.45, 2.75) is 63.6 Å². The molecule has 2 unspecified atom stereocenters. The number of halogens is 4. The molecule has 0 heterocycles. The van der Waals surface area contributed by atoms with E-state index < -0.39 is 48.0 Å². The van der Waals surface area contributed by atoms with Crippen molar-refractivity contribution in [1.29, 1.82) is 0 Å². The molecule has 4 atom stereocenters. The number of methoxy groups -OCH3 is 2. The highest BCUT2D eigenvalue weighted by Crippen LogP contribution is 2.25. The summed E-state index contributed by atoms with van der Waals surface area (Å²) >= 11 is 12.0. The molecule has 0 radical (unpaired) electrons. The molecule has 0 bridgehead atoms. The molecule has 4 N–H and O–H groups in total. The van der Waals surface area contributed by atoms with Gasteiger partial charge in [-0.15, -0.1) is 12.4 Å². The normalized spacial score (nSPS) is 13.1. The Kier molecular flexibility index (Phi) is 17.5. The number of carbonyl (C=O) groups excluding carboxylic acids is 3. The summed E-state index contributed by atoms with van der Waals surface area (Å²) in [6.45, 7) is 5.19. The van der Waals surface area contributed by atoms with E-state index in [9.17, 15) is 23.9 Å². The van der Waals surface area contributed by atoms with Gasteiger partial charge in [0.05, 0.1) is 26.3 Å². The fourth-order valence-electron chi connectivity index (χ4n) is 4.91. The predicted octanol–water partition coefficient (Wildman–Crippen LogP) is 7.79. The Bertz CT molecular complexity index is 1750. The van der Waals surface area contributed by atoms with Gasteiger partial charge in [-0.2, -0.15) is 0 Å². The smallest absolute Gasteiger partial charge is 0.407 e. The highest BCUT2D eigenvalue weighted by molar-refractivity contribution is 6.31. The fourth-order valence-corrected chi connectivity index (χ4v) is 5.29. The number of hydrogen-bond acceptors (Lipinski definition) is 8. The zero-order chi connectivity index (χ0) is 37.7. The number of carbonyl (C=O) groups is 3. The zero-order valence-electron chi connectivity index (χ0n) is 29.5. The molecule has 0 aliphatic rings. The second-order valence-corrected chi connectivity index (χ2v) is 13.5. The SMILES string of the molecule is COC(=O)C(F)[C@H](N)Cc1ccc(-c2cccc(Cl)c2)cc1.COC(=O)C(O)[C@@H](Cc1ccc(-c2cccc(Cl)c2)cc1)NC(=O)OC(C)(C)C.Cl. The Labute approximate surface area is 320 Å². The van der Waals surface area contributed by atoms with Crippen LogP contribution in [0.15, 0.2) is 97.1 Å². The lowest BCUT2D eigenvalue weighted by Gasteiger charge is -2.25. The van der Waals surface area contributed by atoms with Crippen LogP contribution in [0.4, 0.5) is 9.18 Å². The van der Waals surface area contributed by atoms with E-state index in [1.807, 2.05) is 91.0 Å². The first kappa shape index (κ1) is 44.0. The number of aliphatic hydroxyl groups excluding tert-OH is 1. The Morgan fingerprint density at radius 1 is 0.750 bits per heavy atom. The van der Waals surface area contributed by atoms with Crippen molar-refractivity contribution in [2.75, 3.05) is 14.2 Å². The van der Waals surface area contributed by atoms with E-state index in [0.717, 1.165) is 40.5 Å². The van der Waals surface area contributed by atoms with Gasteiger partial charge in [0, 0.05) is 10.0 Å². The van der Waals surface area contributed by atoms with E-state index >= 15 is 0 Å². The third-order valence-electron chi connectivity index (χ3n) is 7.48. The molecule has 0 saturated carbocycles. The summed E-state index contributed by atoms with van der Waals surface area (Å²) in [4.78, 5) is 35.1. The summed E-state index contributed by atoms with van der Waals surface area (Å²) in [6.07, 6.45) is -3.60. The van der Waals surface area contributed by atoms with E-state index in [4.69, 9.17) is 33.7 Å². The molecule has 0 aliphatic carbocycles. The van der Waals surface area contributed by atoms with Crippen molar-refractivity contribution in [3.05, 3.63) is 118 Å². The van der Waals surface area contributed by atoms with Crippen molar-refractivity contribution in [2.24, 2.45) is 5.73 Å². The molecule has 0 aliphatic heterocycles. The number of hydrogen-bond donors (Lipinski definition) is 3. The van der Waals surface area contributed by atoms with Gasteiger partial charge >= 0.3 is 18.0 Å². The van der Waals surface area contributed by atoms with Gasteiger partial charge in [-0.25, -0.2) is 18.8 Å². The highest BCUT2D eigenvalue weighted by atomic mass is 35.5. The minimum atomic E-state index is -1.82. The average molecular weight is 778 g/mol. The molecule has 0 aromatic heterocycles. The minimum absolute atomic E-state index is 0. The summed E-state index contributed by atoms with van der Waals surface area (Å²) in [5, 5.41) is 14.2. The van der Waals surface area contributed by atoms with E-state index in [0.29, 0.717) is 10.0 Å². The van der Waals surface area contributed by atoms with Gasteiger partial charge < -0.3 is 30.4 Å². The second-order valence-electron chi connectivity index (χ2n) is 12.6. The van der Waals surface area contributed by atoms with Crippen LogP contribution in [-0.2, 0) is 36.6 Å². The highest BCUT2D eigenvalue weighted by Gasteiger charge is 2.30. The number of nitrogens with two attached hydrogens (primary N) is 1. The van der Waals surface area contributed by atoms with Gasteiger partial charge in [0.25, 0.3) is 0 Å². The lowest BCUT2D eigenvalue weighted by atomic mass is 9.98. The van der Waals surface area contributed by atoms with Crippen LogP contribution in [0, 0.1) is 0 Å². The van der Waals surface area contributed by atoms with E-state index in [-0.39, 0.29) is 25.2 Å². The lowest BCUT2D eigenvalue weighted by molar-refractivity contribution is -0.152. The molecule has 52 heavy (non-hydrogen) atoms. The van der Waals surface area contributed by atoms with Gasteiger partial charge in [0.2, 0.25) is 6.17 Å². The van der Waals surface area contributed by atoms with Crippen LogP contribution >= 0.6 is 35.6 Å². The maximum absolute atomic E-state index is 13.7. The summed E-state index contributed by atoms with van der Waals surface area (Å²) in [5.74, 6) is -1.77. The monoisotopic (exact) mass is 776 g/mol. The topological polar surface area (TPSA) is 137 Å². The van der Waals surface area contributed by atoms with E-state index in [1.54, 1.807) is 26.8 Å². The molecule has 280 valence electrons. The lowest BCUT2D eigenvalue weighted by Crippen LogP contribution is -2.50. The minimum Gasteiger partial charge on any atom is -0.467 e. The molecule has 4 rings (SSSR count). The third-order valence-corrected chi connectivity index (χ3v) is 7.95. The molecule has 13 heteroatoms. The fraction of sp³-hybridized carbons (Fsp3) is 0.308. The van der Waals surface area contributed by atoms with Gasteiger partial charge in [-0.1, -0.05) is 96.0 Å². The molecule has 9 nitrogen and oxygen atoms in total. The number of ether oxygens (including phenoxy) is 3. The molecule has 1 amide bonds. The van der Waals surface area contributed by atoms with Crippen LogP contribution in [0.2, 0.25) is 10.0 Å². The Morgan fingerprint density at radius 2 is 1.19 bits per heavy atom. The van der Waals surface area contributed by atoms with E-state index in [2.05, 4.69) is 14.8 Å². The maximum Gasteiger partial charge on any atom is 0.407 e. The van der Waals surface area contributed by atoms with Crippen molar-refractivity contribution < 1.29 is 38.1 Å². The number of benzene rings is 4. The number of alkyl halides is 1. The molecular weight excluding hydrogens is 734 g/mol. The van der Waals surface area contributed by atoms with Crippen LogP contribution < -0.4 is 11.1 Å². The summed E-state index contributed by atoms with van der Waals surface area (Å²) < 4.78 is 27.8. The first-order valence-corrected chi connectivity index (χ1v) is 16.8. The van der Waals surface area contributed by atoms with Crippen LogP contribution in [-0.4, -0.2) is 67.3 Å². The van der Waals surface area contributed by atoms with Crippen LogP contribution in [0.5, 0.6) is 0 Å². The molecule has 0 saturated heterocycles. The molecule has 0 fully saturated rings. The van der Waals surface area contributed by atoms with Gasteiger partial charge in [0.1, 0.15) is 5.60 Å². The number of aliphatic hydroxyl groups is 1. The Balaban J connectivity index is 0.000000366. The van der Waals surface area contributed by atoms with Crippen LogP contribution in [0.3, 0.4) is 0 Å². The first-order valence-electron chi connectivity index (χ1n) is 16.0. The summed E-state index contributed by atoms with van der Waals surface area (Å²) in [6, 6.07) is 28.3. The maximum atomic E-state index is 13.7. The largest absolute Gasteiger partial charge is 0.467 e. The van der Waals surface area contributed by atoms with Crippen LogP contribution in [0.25, 0.3) is 22.3 Å². The Hall–Kier alpha value is -4.19. The number of amides is 1. The van der Waals surface area contributed by atoms with Gasteiger partial charge in [-0.05, 0) is 91.3 Å². The van der Waals surface area contributed by atoms with E-state index in [1.165, 1.54) is 7.11 Å². The van der Waals surface area contributed by atoms with Crippen molar-refractivity contribution in [3.8, 4) is 22.3 Å². The number of alkyl carbamates (subject to hydrolysis) is 1. The second kappa shape index (κ2) is 20.7. The number of esters is 2. The van der Waals surface area contributed by atoms with Gasteiger partial charge in [0.15, 0.2) is 6.10 Å². The number of rotatable bonds is 11. The summed E-state index contributed by atoms with van der Waals surface area (Å²) in [7, 11) is 2.32. The van der Waals surface area contributed by atoms with Gasteiger partial charge in [-0.3, -0.25) is 0 Å². The predicted molar refractivity (Wildman–Crippen MR) is 204 cm³/mol. The van der Waals surface area contributed by atoms with Crippen LogP contribution in [0.1, 0.15) is 31.9 Å². The quantitative estimate of drug-likeness (QED) is 0.104. The van der Waals surface area contributed by atoms with Crippen molar-refractivity contribution in [3.63, 3.8) is 0 Å². The Morgan fingerprint density at radius 3 is 1.60 bits per heavy atom. The standard InChI is InChI=1S/C22H26ClNO5.C17H17ClFNO2.ClH/c1-22(2,3)29-21(27)24-18(19(25)20(26)28-4)12-14-8-10-15(11-9-14)16-6-5-7-17(23)13-16;1-22-17(21)16(19)15(20)9-11-5-7-12(8-6-11)13-3-2-4-14(18)10-13;/h5-11,13,18-19,25H,12H2,1-4H3,(H,24,27);2-8,10,15-16H,9,20H2,1H3;1H/t18-,19?;15-,16?;/m11./s1. The molecule has 0 spiro atoms. The summed E-state index contributed by atoms with van der Waals surface area (Å²) in [5.41, 5.74) is 10.6. The molecular formula is C39H44Cl3FN2O7. The first-order chi connectivity index (χ1) is 24.1. The average Bonchev–Trinajstić information content (AvgIpc) is 3.10. The van der Waals surface area contributed by atoms with Crippen molar-refractivity contribution >= 4 is 53.6 Å². The molecule has 4 aromatic rings. The zero-order valence-corrected chi connectivity index (χ0v) is 31.8.